The third kappa shape index (κ3) is 4.78. The molecule has 45 heavy (non-hydrogen) atoms. The summed E-state index contributed by atoms with van der Waals surface area (Å²) in [5.41, 5.74) is -1.07. The maximum atomic E-state index is 16.4. The van der Waals surface area contributed by atoms with E-state index < -0.39 is 34.3 Å². The molecule has 2 aromatic rings. The highest BCUT2D eigenvalue weighted by Crippen LogP contribution is 2.64. The van der Waals surface area contributed by atoms with E-state index in [0.717, 1.165) is 64.1 Å². The van der Waals surface area contributed by atoms with Crippen LogP contribution in [0.2, 0.25) is 10.0 Å². The summed E-state index contributed by atoms with van der Waals surface area (Å²) in [7, 11) is 1.79. The summed E-state index contributed by atoms with van der Waals surface area (Å²) in [4.78, 5) is 43.9. The molecule has 1 heterocycles. The predicted molar refractivity (Wildman–Crippen MR) is 177 cm³/mol. The molecule has 242 valence electrons. The van der Waals surface area contributed by atoms with Crippen LogP contribution in [0.15, 0.2) is 36.4 Å². The summed E-state index contributed by atoms with van der Waals surface area (Å²) in [6.45, 7) is 4.23. The first-order chi connectivity index (χ1) is 21.5. The van der Waals surface area contributed by atoms with Crippen molar-refractivity contribution < 1.29 is 18.8 Å². The van der Waals surface area contributed by atoms with E-state index in [1.54, 1.807) is 38.2 Å². The molecule has 7 rings (SSSR count). The van der Waals surface area contributed by atoms with Gasteiger partial charge in [-0.25, -0.2) is 4.39 Å². The Morgan fingerprint density at radius 1 is 1.00 bits per heavy atom. The lowest BCUT2D eigenvalue weighted by Gasteiger charge is -2.53. The Balaban J connectivity index is 1.56. The van der Waals surface area contributed by atoms with E-state index in [0.29, 0.717) is 35.7 Å². The molecule has 0 radical (unpaired) electrons. The molecule has 1 unspecified atom stereocenters. The van der Waals surface area contributed by atoms with Crippen LogP contribution in [0.1, 0.15) is 102 Å². The van der Waals surface area contributed by atoms with Crippen molar-refractivity contribution >= 4 is 46.9 Å². The molecule has 5 fully saturated rings. The SMILES string of the molecule is CCN1[C@@H](C(=O)NC23CCC(C(C)=O)(CC2)CC3)C(c2cccc(Cl)c2F)[C@@](C=O)(c2ccc(Cl)cc2NC)C12CCCCC2. The van der Waals surface area contributed by atoms with E-state index in [-0.39, 0.29) is 27.7 Å². The third-order valence-electron chi connectivity index (χ3n) is 12.3. The number of ketones is 1. The topological polar surface area (TPSA) is 78.5 Å². The summed E-state index contributed by atoms with van der Waals surface area (Å²) in [5, 5.41) is 7.22. The van der Waals surface area contributed by atoms with E-state index in [2.05, 4.69) is 15.5 Å². The molecule has 1 aliphatic heterocycles. The van der Waals surface area contributed by atoms with Crippen molar-refractivity contribution in [2.45, 2.75) is 113 Å². The minimum Gasteiger partial charge on any atom is -0.388 e. The van der Waals surface area contributed by atoms with Gasteiger partial charge in [0, 0.05) is 40.2 Å². The molecule has 2 aromatic carbocycles. The van der Waals surface area contributed by atoms with Crippen molar-refractivity contribution in [3.8, 4) is 0 Å². The Morgan fingerprint density at radius 3 is 2.24 bits per heavy atom. The zero-order valence-electron chi connectivity index (χ0n) is 26.5. The second kappa shape index (κ2) is 12.0. The van der Waals surface area contributed by atoms with Crippen LogP contribution in [0.4, 0.5) is 10.1 Å². The number of fused-ring (bicyclic) bond motifs is 3. The van der Waals surface area contributed by atoms with Gasteiger partial charge in [0.15, 0.2) is 0 Å². The first-order valence-corrected chi connectivity index (χ1v) is 17.3. The van der Waals surface area contributed by atoms with Crippen LogP contribution in [0.25, 0.3) is 0 Å². The molecule has 2 bridgehead atoms. The van der Waals surface area contributed by atoms with Gasteiger partial charge in [-0.3, -0.25) is 14.5 Å². The zero-order valence-corrected chi connectivity index (χ0v) is 28.0. The van der Waals surface area contributed by atoms with Gasteiger partial charge in [0.1, 0.15) is 17.9 Å². The number of amides is 1. The van der Waals surface area contributed by atoms with Crippen molar-refractivity contribution in [3.63, 3.8) is 0 Å². The van der Waals surface area contributed by atoms with Crippen molar-refractivity contribution in [2.75, 3.05) is 18.9 Å². The number of likely N-dealkylation sites (tertiary alicyclic amines) is 1. The highest BCUT2D eigenvalue weighted by atomic mass is 35.5. The van der Waals surface area contributed by atoms with E-state index >= 15 is 4.39 Å². The first-order valence-electron chi connectivity index (χ1n) is 16.5. The summed E-state index contributed by atoms with van der Waals surface area (Å²) in [6.07, 6.45) is 9.69. The molecule has 4 saturated carbocycles. The maximum Gasteiger partial charge on any atom is 0.238 e. The lowest BCUT2D eigenvalue weighted by atomic mass is 9.55. The Kier molecular flexibility index (Phi) is 8.62. The molecule has 9 heteroatoms. The number of hydrogen-bond acceptors (Lipinski definition) is 5. The van der Waals surface area contributed by atoms with E-state index in [9.17, 15) is 14.4 Å². The standard InChI is InChI=1S/C36H44Cl2FN3O3/c1-4-42-31(32(45)41-34-18-15-33(16-19-34,17-20-34)23(2)44)29(25-9-8-10-27(38)30(25)39)36(22-43,35(42)13-6-5-7-14-35)26-12-11-24(37)21-28(26)40-3/h8-12,21-22,29,31,40H,4-7,13-20H2,1-3H3,(H,41,45)/t29?,31-,33?,34?,36-/m1/s1. The zero-order chi connectivity index (χ0) is 32.2. The number of nitrogens with zero attached hydrogens (tertiary/aromatic N) is 1. The Bertz CT molecular complexity index is 1480. The average Bonchev–Trinajstić information content (AvgIpc) is 3.28. The molecular formula is C36H44Cl2FN3O3. The molecule has 2 N–H and O–H groups in total. The number of benzene rings is 2. The lowest BCUT2D eigenvalue weighted by Crippen LogP contribution is -2.62. The van der Waals surface area contributed by atoms with Crippen LogP contribution >= 0.6 is 23.2 Å². The number of likely N-dealkylation sites (N-methyl/N-ethyl adjacent to an activating group) is 1. The molecule has 1 saturated heterocycles. The Hall–Kier alpha value is -2.48. The molecule has 5 aliphatic rings. The van der Waals surface area contributed by atoms with Gasteiger partial charge in [-0.2, -0.15) is 0 Å². The van der Waals surface area contributed by atoms with Gasteiger partial charge in [0.25, 0.3) is 0 Å². The second-order valence-electron chi connectivity index (χ2n) is 14.0. The summed E-state index contributed by atoms with van der Waals surface area (Å²) in [6, 6.07) is 9.53. The van der Waals surface area contributed by atoms with Crippen molar-refractivity contribution in [2.24, 2.45) is 5.41 Å². The number of anilines is 1. The second-order valence-corrected chi connectivity index (χ2v) is 14.8. The number of halogens is 3. The lowest BCUT2D eigenvalue weighted by molar-refractivity contribution is -0.137. The molecule has 3 atom stereocenters. The number of aldehydes is 1. The van der Waals surface area contributed by atoms with Crippen molar-refractivity contribution in [1.29, 1.82) is 0 Å². The highest BCUT2D eigenvalue weighted by Gasteiger charge is 2.71. The van der Waals surface area contributed by atoms with Crippen LogP contribution in [-0.4, -0.2) is 53.6 Å². The largest absolute Gasteiger partial charge is 0.388 e. The number of carbonyl (C=O) groups is 3. The first kappa shape index (κ1) is 32.5. The molecule has 6 nitrogen and oxygen atoms in total. The molecule has 0 aromatic heterocycles. The quantitative estimate of drug-likeness (QED) is 0.286. The maximum absolute atomic E-state index is 16.4. The fourth-order valence-electron chi connectivity index (χ4n) is 10.0. The summed E-state index contributed by atoms with van der Waals surface area (Å²) in [5.74, 6) is -1.41. The number of hydrogen-bond donors (Lipinski definition) is 2. The molecule has 4 aliphatic carbocycles. The van der Waals surface area contributed by atoms with Gasteiger partial charge in [-0.1, -0.05) is 67.6 Å². The monoisotopic (exact) mass is 655 g/mol. The summed E-state index contributed by atoms with van der Waals surface area (Å²) >= 11 is 12.9. The fourth-order valence-corrected chi connectivity index (χ4v) is 10.4. The summed E-state index contributed by atoms with van der Waals surface area (Å²) < 4.78 is 16.4. The van der Waals surface area contributed by atoms with Crippen LogP contribution in [-0.2, 0) is 19.8 Å². The van der Waals surface area contributed by atoms with E-state index in [4.69, 9.17) is 23.2 Å². The van der Waals surface area contributed by atoms with Crippen LogP contribution in [0.3, 0.4) is 0 Å². The molecule has 1 amide bonds. The van der Waals surface area contributed by atoms with Crippen LogP contribution in [0, 0.1) is 11.2 Å². The van der Waals surface area contributed by atoms with Gasteiger partial charge < -0.3 is 15.4 Å². The number of rotatable bonds is 8. The average molecular weight is 657 g/mol. The Labute approximate surface area is 275 Å². The number of nitrogens with one attached hydrogen (secondary N) is 2. The van der Waals surface area contributed by atoms with Gasteiger partial charge in [-0.05, 0) is 94.2 Å². The van der Waals surface area contributed by atoms with Gasteiger partial charge in [0.2, 0.25) is 5.91 Å². The smallest absolute Gasteiger partial charge is 0.238 e. The predicted octanol–water partition coefficient (Wildman–Crippen LogP) is 7.60. The van der Waals surface area contributed by atoms with Crippen molar-refractivity contribution in [3.05, 3.63) is 63.4 Å². The molecular weight excluding hydrogens is 612 g/mol. The minimum atomic E-state index is -1.29. The highest BCUT2D eigenvalue weighted by molar-refractivity contribution is 6.31. The third-order valence-corrected chi connectivity index (χ3v) is 12.9. The molecule has 1 spiro atoms. The van der Waals surface area contributed by atoms with Crippen molar-refractivity contribution in [1.82, 2.24) is 10.2 Å². The van der Waals surface area contributed by atoms with E-state index in [1.165, 1.54) is 6.07 Å². The van der Waals surface area contributed by atoms with Crippen LogP contribution < -0.4 is 10.6 Å². The van der Waals surface area contributed by atoms with Gasteiger partial charge in [-0.15, -0.1) is 0 Å². The minimum absolute atomic E-state index is 0.0391. The van der Waals surface area contributed by atoms with E-state index in [1.807, 2.05) is 13.0 Å². The number of carbonyl (C=O) groups excluding carboxylic acids is 3. The number of Topliss-reactive ketones (excluding diaryl/α,β-unsaturated/α-hetero) is 1. The van der Waals surface area contributed by atoms with Crippen LogP contribution in [0.5, 0.6) is 0 Å². The van der Waals surface area contributed by atoms with Gasteiger partial charge in [0.05, 0.1) is 16.5 Å². The normalized spacial score (nSPS) is 32.4. The van der Waals surface area contributed by atoms with Gasteiger partial charge >= 0.3 is 0 Å². The Morgan fingerprint density at radius 2 is 1.67 bits per heavy atom. The fraction of sp³-hybridized carbons (Fsp3) is 0.583.